The maximum atomic E-state index is 13.4. The number of phenolic OH excluding ortho intramolecular Hbond substituents is 1. The van der Waals surface area contributed by atoms with Crippen LogP contribution in [0.4, 0.5) is 8.78 Å². The lowest BCUT2D eigenvalue weighted by Crippen LogP contribution is -2.39. The van der Waals surface area contributed by atoms with Crippen molar-refractivity contribution >= 4 is 5.96 Å². The van der Waals surface area contributed by atoms with E-state index in [-0.39, 0.29) is 11.8 Å². The summed E-state index contributed by atoms with van der Waals surface area (Å²) in [6, 6.07) is 8.78. The van der Waals surface area contributed by atoms with Gasteiger partial charge in [-0.3, -0.25) is 4.99 Å². The Morgan fingerprint density at radius 3 is 2.63 bits per heavy atom. The molecular weight excluding hydrogens is 352 g/mol. The first-order chi connectivity index (χ1) is 12.9. The van der Waals surface area contributed by atoms with Gasteiger partial charge in [-0.15, -0.1) is 0 Å². The van der Waals surface area contributed by atoms with Crippen LogP contribution >= 0.6 is 0 Å². The number of phenols is 1. The van der Waals surface area contributed by atoms with Crippen molar-refractivity contribution in [2.75, 3.05) is 20.2 Å². The molecule has 2 aromatic rings. The number of nitrogens with zero attached hydrogens (tertiary/aromatic N) is 1. The molecule has 1 unspecified atom stereocenters. The van der Waals surface area contributed by atoms with Gasteiger partial charge in [-0.1, -0.05) is 12.1 Å². The molecule has 0 aliphatic rings. The van der Waals surface area contributed by atoms with Crippen molar-refractivity contribution in [1.82, 2.24) is 10.6 Å². The molecule has 0 bridgehead atoms. The topological polar surface area (TPSA) is 65.9 Å². The summed E-state index contributed by atoms with van der Waals surface area (Å²) in [5.74, 6) is -0.630. The second-order valence-corrected chi connectivity index (χ2v) is 6.06. The van der Waals surface area contributed by atoms with E-state index >= 15 is 0 Å². The van der Waals surface area contributed by atoms with Gasteiger partial charge in [0.2, 0.25) is 0 Å². The Hall–Kier alpha value is -2.83. The smallest absolute Gasteiger partial charge is 0.191 e. The number of rotatable bonds is 7. The molecule has 2 aromatic carbocycles. The van der Waals surface area contributed by atoms with Crippen molar-refractivity contribution in [3.8, 4) is 11.5 Å². The molecule has 7 heteroatoms. The zero-order chi connectivity index (χ0) is 19.8. The summed E-state index contributed by atoms with van der Waals surface area (Å²) in [5.41, 5.74) is 1.61. The number of guanidine groups is 1. The van der Waals surface area contributed by atoms with Crippen LogP contribution in [0.3, 0.4) is 0 Å². The molecule has 0 saturated carbocycles. The van der Waals surface area contributed by atoms with Crippen molar-refractivity contribution in [3.63, 3.8) is 0 Å². The van der Waals surface area contributed by atoms with Crippen LogP contribution in [0.5, 0.6) is 11.5 Å². The van der Waals surface area contributed by atoms with Gasteiger partial charge in [-0.2, -0.15) is 0 Å². The van der Waals surface area contributed by atoms with Gasteiger partial charge in [0, 0.05) is 13.1 Å². The highest BCUT2D eigenvalue weighted by atomic mass is 19.2. The summed E-state index contributed by atoms with van der Waals surface area (Å²) in [7, 11) is 1.50. The summed E-state index contributed by atoms with van der Waals surface area (Å²) in [6.07, 6.45) is 0.659. The highest BCUT2D eigenvalue weighted by Gasteiger charge is 2.11. The van der Waals surface area contributed by atoms with Crippen LogP contribution in [0.15, 0.2) is 41.4 Å². The number of hydrogen-bond donors (Lipinski definition) is 3. The Kier molecular flexibility index (Phi) is 7.40. The Bertz CT molecular complexity index is 797. The highest BCUT2D eigenvalue weighted by molar-refractivity contribution is 5.80. The average molecular weight is 377 g/mol. The fourth-order valence-corrected chi connectivity index (χ4v) is 2.56. The molecule has 0 aliphatic heterocycles. The summed E-state index contributed by atoms with van der Waals surface area (Å²) in [4.78, 5) is 4.52. The first-order valence-electron chi connectivity index (χ1n) is 8.80. The lowest BCUT2D eigenvalue weighted by molar-refractivity contribution is 0.373. The molecule has 146 valence electrons. The zero-order valence-electron chi connectivity index (χ0n) is 15.7. The van der Waals surface area contributed by atoms with Crippen LogP contribution < -0.4 is 15.4 Å². The Balaban J connectivity index is 2.01. The molecule has 5 nitrogen and oxygen atoms in total. The summed E-state index contributed by atoms with van der Waals surface area (Å²) in [6.45, 7) is 4.98. The van der Waals surface area contributed by atoms with Gasteiger partial charge in [0.25, 0.3) is 0 Å². The maximum Gasteiger partial charge on any atom is 0.191 e. The predicted molar refractivity (Wildman–Crippen MR) is 102 cm³/mol. The highest BCUT2D eigenvalue weighted by Crippen LogP contribution is 2.26. The summed E-state index contributed by atoms with van der Waals surface area (Å²) >= 11 is 0. The van der Waals surface area contributed by atoms with Gasteiger partial charge in [0.05, 0.1) is 13.2 Å². The minimum Gasteiger partial charge on any atom is -0.504 e. The quantitative estimate of drug-likeness (QED) is 0.510. The average Bonchev–Trinajstić information content (AvgIpc) is 2.65. The Labute approximate surface area is 158 Å². The molecule has 0 heterocycles. The molecule has 0 spiro atoms. The van der Waals surface area contributed by atoms with Crippen LogP contribution in [0.1, 0.15) is 31.0 Å². The number of methoxy groups -OCH3 is 1. The largest absolute Gasteiger partial charge is 0.504 e. The van der Waals surface area contributed by atoms with E-state index in [0.29, 0.717) is 36.8 Å². The zero-order valence-corrected chi connectivity index (χ0v) is 15.7. The SMILES string of the molecule is CCNC(=NCCc1ccc(O)c(OC)c1)NC(C)c1ccc(F)c(F)c1. The normalized spacial score (nSPS) is 12.6. The first-order valence-corrected chi connectivity index (χ1v) is 8.80. The molecular formula is C20H25F2N3O2. The number of aliphatic imine (C=N–C) groups is 1. The Morgan fingerprint density at radius 2 is 1.96 bits per heavy atom. The van der Waals surface area contributed by atoms with Crippen LogP contribution in [0.2, 0.25) is 0 Å². The summed E-state index contributed by atoms with van der Waals surface area (Å²) < 4.78 is 31.6. The fraction of sp³-hybridized carbons (Fsp3) is 0.350. The molecule has 0 amide bonds. The minimum atomic E-state index is -0.871. The molecule has 0 aliphatic carbocycles. The molecule has 0 saturated heterocycles. The van der Waals surface area contributed by atoms with Crippen LogP contribution in [-0.2, 0) is 6.42 Å². The molecule has 27 heavy (non-hydrogen) atoms. The maximum absolute atomic E-state index is 13.4. The number of hydrogen-bond acceptors (Lipinski definition) is 3. The number of ether oxygens (including phenoxy) is 1. The lowest BCUT2D eigenvalue weighted by atomic mass is 10.1. The third-order valence-electron chi connectivity index (χ3n) is 4.06. The fourth-order valence-electron chi connectivity index (χ4n) is 2.56. The molecule has 3 N–H and O–H groups in total. The van der Waals surface area contributed by atoms with E-state index in [9.17, 15) is 13.9 Å². The Morgan fingerprint density at radius 1 is 1.19 bits per heavy atom. The standard InChI is InChI=1S/C20H25F2N3O2/c1-4-23-20(25-13(2)15-6-7-16(21)17(22)12-15)24-10-9-14-5-8-18(26)19(11-14)27-3/h5-8,11-13,26H,4,9-10H2,1-3H3,(H2,23,24,25). The van der Waals surface area contributed by atoms with Crippen molar-refractivity contribution in [1.29, 1.82) is 0 Å². The molecule has 1 atom stereocenters. The second kappa shape index (κ2) is 9.75. The van der Waals surface area contributed by atoms with Crippen LogP contribution in [0.25, 0.3) is 0 Å². The van der Waals surface area contributed by atoms with Crippen LogP contribution in [-0.4, -0.2) is 31.3 Å². The van der Waals surface area contributed by atoms with Gasteiger partial charge < -0.3 is 20.5 Å². The first kappa shape index (κ1) is 20.5. The second-order valence-electron chi connectivity index (χ2n) is 6.06. The van der Waals surface area contributed by atoms with Gasteiger partial charge in [-0.05, 0) is 55.7 Å². The lowest BCUT2D eigenvalue weighted by Gasteiger charge is -2.18. The monoisotopic (exact) mass is 377 g/mol. The van der Waals surface area contributed by atoms with Gasteiger partial charge in [0.1, 0.15) is 0 Å². The number of nitrogens with one attached hydrogen (secondary N) is 2. The van der Waals surface area contributed by atoms with Gasteiger partial charge in [0.15, 0.2) is 29.1 Å². The molecule has 0 fully saturated rings. The van der Waals surface area contributed by atoms with E-state index in [1.54, 1.807) is 18.2 Å². The van der Waals surface area contributed by atoms with E-state index in [1.807, 2.05) is 19.9 Å². The van der Waals surface area contributed by atoms with Crippen molar-refractivity contribution in [2.24, 2.45) is 4.99 Å². The van der Waals surface area contributed by atoms with Crippen molar-refractivity contribution < 1.29 is 18.6 Å². The van der Waals surface area contributed by atoms with E-state index in [2.05, 4.69) is 15.6 Å². The minimum absolute atomic E-state index is 0.0973. The van der Waals surface area contributed by atoms with Crippen LogP contribution in [0, 0.1) is 11.6 Å². The molecule has 0 aromatic heterocycles. The van der Waals surface area contributed by atoms with Crippen molar-refractivity contribution in [2.45, 2.75) is 26.3 Å². The third kappa shape index (κ3) is 5.84. The van der Waals surface area contributed by atoms with Gasteiger partial charge in [-0.25, -0.2) is 8.78 Å². The third-order valence-corrected chi connectivity index (χ3v) is 4.06. The van der Waals surface area contributed by atoms with E-state index in [0.717, 1.165) is 11.6 Å². The van der Waals surface area contributed by atoms with E-state index in [1.165, 1.54) is 13.2 Å². The number of halogens is 2. The number of aromatic hydroxyl groups is 1. The molecule has 0 radical (unpaired) electrons. The number of benzene rings is 2. The van der Waals surface area contributed by atoms with E-state index in [4.69, 9.17) is 4.74 Å². The molecule has 2 rings (SSSR count). The predicted octanol–water partition coefficient (Wildman–Crippen LogP) is 3.54. The van der Waals surface area contributed by atoms with E-state index < -0.39 is 11.6 Å². The van der Waals surface area contributed by atoms with Crippen molar-refractivity contribution in [3.05, 3.63) is 59.2 Å². The summed E-state index contributed by atoms with van der Waals surface area (Å²) in [5, 5.41) is 16.0. The van der Waals surface area contributed by atoms with Gasteiger partial charge >= 0.3 is 0 Å².